The maximum absolute atomic E-state index is 10.4. The highest BCUT2D eigenvalue weighted by Gasteiger charge is 2.12. The second-order valence-corrected chi connectivity index (χ2v) is 2.95. The van der Waals surface area contributed by atoms with Crippen LogP contribution in [-0.4, -0.2) is 6.29 Å². The summed E-state index contributed by atoms with van der Waals surface area (Å²) in [4.78, 5) is 10.4. The molecule has 0 heterocycles. The van der Waals surface area contributed by atoms with Crippen LogP contribution < -0.4 is 0 Å². The average Bonchev–Trinajstić information content (AvgIpc) is 1.99. The van der Waals surface area contributed by atoms with Crippen LogP contribution in [-0.2, 0) is 4.79 Å². The van der Waals surface area contributed by atoms with E-state index in [-0.39, 0.29) is 5.92 Å². The normalized spacial score (nSPS) is 16.3. The minimum Gasteiger partial charge on any atom is -0.303 e. The predicted octanol–water partition coefficient (Wildman–Crippen LogP) is 2.65. The molecule has 2 atom stereocenters. The summed E-state index contributed by atoms with van der Waals surface area (Å²) in [5.41, 5.74) is 0. The molecule has 0 N–H and O–H groups in total. The number of carbonyl (C=O) groups excluding carboxylic acids is 1. The number of aldehydes is 1. The highest BCUT2D eigenvalue weighted by molar-refractivity contribution is 5.53. The average molecular weight is 142 g/mol. The van der Waals surface area contributed by atoms with E-state index in [1.807, 2.05) is 6.92 Å². The van der Waals surface area contributed by atoms with Crippen molar-refractivity contribution in [3.8, 4) is 0 Å². The highest BCUT2D eigenvalue weighted by atomic mass is 16.1. The SMILES string of the molecule is CCCC(CC)C(C)C=O. The zero-order chi connectivity index (χ0) is 7.98. The van der Waals surface area contributed by atoms with Gasteiger partial charge in [0.2, 0.25) is 0 Å². The minimum atomic E-state index is 0.255. The topological polar surface area (TPSA) is 17.1 Å². The fraction of sp³-hybridized carbons (Fsp3) is 0.889. The highest BCUT2D eigenvalue weighted by Crippen LogP contribution is 2.18. The molecular formula is C9H18O. The third-order valence-corrected chi connectivity index (χ3v) is 2.14. The molecule has 0 fully saturated rings. The van der Waals surface area contributed by atoms with Crippen LogP contribution in [0.25, 0.3) is 0 Å². The molecule has 0 aliphatic heterocycles. The molecule has 2 unspecified atom stereocenters. The zero-order valence-electron chi connectivity index (χ0n) is 7.26. The molecule has 0 amide bonds. The van der Waals surface area contributed by atoms with Crippen LogP contribution in [0, 0.1) is 11.8 Å². The predicted molar refractivity (Wildman–Crippen MR) is 43.9 cm³/mol. The van der Waals surface area contributed by atoms with E-state index >= 15 is 0 Å². The van der Waals surface area contributed by atoms with E-state index < -0.39 is 0 Å². The lowest BCUT2D eigenvalue weighted by Crippen LogP contribution is -2.11. The Morgan fingerprint density at radius 2 is 2.00 bits per heavy atom. The molecule has 0 saturated carbocycles. The van der Waals surface area contributed by atoms with Gasteiger partial charge in [-0.05, 0) is 5.92 Å². The van der Waals surface area contributed by atoms with E-state index in [0.29, 0.717) is 5.92 Å². The van der Waals surface area contributed by atoms with E-state index in [1.54, 1.807) is 0 Å². The van der Waals surface area contributed by atoms with E-state index in [1.165, 1.54) is 12.8 Å². The molecule has 0 bridgehead atoms. The molecule has 0 aromatic rings. The Labute approximate surface area is 63.8 Å². The second-order valence-electron chi connectivity index (χ2n) is 2.95. The molecule has 0 aliphatic rings. The summed E-state index contributed by atoms with van der Waals surface area (Å²) >= 11 is 0. The number of hydrogen-bond acceptors (Lipinski definition) is 1. The first-order valence-electron chi connectivity index (χ1n) is 4.21. The zero-order valence-corrected chi connectivity index (χ0v) is 7.26. The standard InChI is InChI=1S/C9H18O/c1-4-6-9(5-2)8(3)7-10/h7-9H,4-6H2,1-3H3. The van der Waals surface area contributed by atoms with Crippen molar-refractivity contribution < 1.29 is 4.79 Å². The molecular weight excluding hydrogens is 124 g/mol. The lowest BCUT2D eigenvalue weighted by molar-refractivity contribution is -0.112. The summed E-state index contributed by atoms with van der Waals surface area (Å²) in [5.74, 6) is 0.868. The van der Waals surface area contributed by atoms with Gasteiger partial charge in [-0.2, -0.15) is 0 Å². The van der Waals surface area contributed by atoms with Crippen molar-refractivity contribution in [3.63, 3.8) is 0 Å². The Bertz CT molecular complexity index is 88.7. The Balaban J connectivity index is 3.67. The minimum absolute atomic E-state index is 0.255. The van der Waals surface area contributed by atoms with Crippen molar-refractivity contribution in [1.29, 1.82) is 0 Å². The molecule has 10 heavy (non-hydrogen) atoms. The summed E-state index contributed by atoms with van der Waals surface area (Å²) in [5, 5.41) is 0. The molecule has 0 radical (unpaired) electrons. The number of hydrogen-bond donors (Lipinski definition) is 0. The van der Waals surface area contributed by atoms with E-state index in [4.69, 9.17) is 0 Å². The fourth-order valence-electron chi connectivity index (χ4n) is 1.32. The molecule has 0 aliphatic carbocycles. The van der Waals surface area contributed by atoms with E-state index in [0.717, 1.165) is 12.7 Å². The maximum atomic E-state index is 10.4. The Kier molecular flexibility index (Phi) is 5.27. The monoisotopic (exact) mass is 142 g/mol. The van der Waals surface area contributed by atoms with Gasteiger partial charge in [0.15, 0.2) is 0 Å². The van der Waals surface area contributed by atoms with Gasteiger partial charge in [0.25, 0.3) is 0 Å². The van der Waals surface area contributed by atoms with Gasteiger partial charge in [-0.25, -0.2) is 0 Å². The van der Waals surface area contributed by atoms with Crippen molar-refractivity contribution in [2.45, 2.75) is 40.0 Å². The summed E-state index contributed by atoms with van der Waals surface area (Å²) in [6.07, 6.45) is 4.59. The number of rotatable bonds is 5. The summed E-state index contributed by atoms with van der Waals surface area (Å²) in [6, 6.07) is 0. The van der Waals surface area contributed by atoms with Crippen molar-refractivity contribution >= 4 is 6.29 Å². The van der Waals surface area contributed by atoms with Crippen LogP contribution in [0.1, 0.15) is 40.0 Å². The molecule has 0 rings (SSSR count). The van der Waals surface area contributed by atoms with Gasteiger partial charge in [0.1, 0.15) is 6.29 Å². The number of carbonyl (C=O) groups is 1. The molecule has 0 aromatic heterocycles. The third kappa shape index (κ3) is 3.00. The lowest BCUT2D eigenvalue weighted by Gasteiger charge is -2.15. The molecule has 1 nitrogen and oxygen atoms in total. The first-order valence-corrected chi connectivity index (χ1v) is 4.21. The first-order chi connectivity index (χ1) is 4.76. The molecule has 0 spiro atoms. The van der Waals surface area contributed by atoms with Gasteiger partial charge in [0.05, 0.1) is 0 Å². The molecule has 0 aromatic carbocycles. The van der Waals surface area contributed by atoms with Crippen molar-refractivity contribution in [2.75, 3.05) is 0 Å². The quantitative estimate of drug-likeness (QED) is 0.539. The largest absolute Gasteiger partial charge is 0.303 e. The molecule has 1 heteroatoms. The summed E-state index contributed by atoms with van der Waals surface area (Å²) in [6.45, 7) is 6.33. The van der Waals surface area contributed by atoms with Crippen molar-refractivity contribution in [1.82, 2.24) is 0 Å². The van der Waals surface area contributed by atoms with Gasteiger partial charge < -0.3 is 4.79 Å². The first kappa shape index (κ1) is 9.67. The summed E-state index contributed by atoms with van der Waals surface area (Å²) < 4.78 is 0. The lowest BCUT2D eigenvalue weighted by atomic mass is 9.89. The second kappa shape index (κ2) is 5.45. The summed E-state index contributed by atoms with van der Waals surface area (Å²) in [7, 11) is 0. The van der Waals surface area contributed by atoms with Crippen LogP contribution in [0.3, 0.4) is 0 Å². The Morgan fingerprint density at radius 1 is 1.40 bits per heavy atom. The van der Waals surface area contributed by atoms with Gasteiger partial charge >= 0.3 is 0 Å². The maximum Gasteiger partial charge on any atom is 0.123 e. The van der Waals surface area contributed by atoms with E-state index in [2.05, 4.69) is 13.8 Å². The third-order valence-electron chi connectivity index (χ3n) is 2.14. The van der Waals surface area contributed by atoms with Crippen molar-refractivity contribution in [2.24, 2.45) is 11.8 Å². The molecule has 0 saturated heterocycles. The smallest absolute Gasteiger partial charge is 0.123 e. The molecule has 60 valence electrons. The van der Waals surface area contributed by atoms with Gasteiger partial charge in [-0.15, -0.1) is 0 Å². The van der Waals surface area contributed by atoms with Crippen molar-refractivity contribution in [3.05, 3.63) is 0 Å². The van der Waals surface area contributed by atoms with Crippen LogP contribution in [0.15, 0.2) is 0 Å². The van der Waals surface area contributed by atoms with E-state index in [9.17, 15) is 4.79 Å². The van der Waals surface area contributed by atoms with Gasteiger partial charge in [-0.1, -0.05) is 40.0 Å². The van der Waals surface area contributed by atoms with Gasteiger partial charge in [-0.3, -0.25) is 0 Å². The van der Waals surface area contributed by atoms with Crippen LogP contribution in [0.5, 0.6) is 0 Å². The Hall–Kier alpha value is -0.330. The van der Waals surface area contributed by atoms with Gasteiger partial charge in [0, 0.05) is 5.92 Å². The van der Waals surface area contributed by atoms with Crippen LogP contribution >= 0.6 is 0 Å². The van der Waals surface area contributed by atoms with Crippen LogP contribution in [0.2, 0.25) is 0 Å². The Morgan fingerprint density at radius 3 is 2.30 bits per heavy atom. The van der Waals surface area contributed by atoms with Crippen LogP contribution in [0.4, 0.5) is 0 Å². The fourth-order valence-corrected chi connectivity index (χ4v) is 1.32.